The van der Waals surface area contributed by atoms with Gasteiger partial charge in [0.05, 0.1) is 5.69 Å². The van der Waals surface area contributed by atoms with E-state index in [1.54, 1.807) is 18.5 Å². The minimum Gasteiger partial charge on any atom is -0.304 e. The highest BCUT2D eigenvalue weighted by molar-refractivity contribution is 5.37. The van der Waals surface area contributed by atoms with Crippen LogP contribution in [0.1, 0.15) is 11.5 Å². The summed E-state index contributed by atoms with van der Waals surface area (Å²) in [6.45, 7) is 1.91. The number of imidazole rings is 1. The topological polar surface area (TPSA) is 54.5 Å². The Morgan fingerprint density at radius 2 is 2.21 bits per heavy atom. The third kappa shape index (κ3) is 1.36. The summed E-state index contributed by atoms with van der Waals surface area (Å²) in [7, 11) is 0. The molecule has 4 nitrogen and oxygen atoms in total. The summed E-state index contributed by atoms with van der Waals surface area (Å²) in [5.41, 5.74) is 1.32. The predicted octanol–water partition coefficient (Wildman–Crippen LogP) is 1.45. The van der Waals surface area contributed by atoms with Gasteiger partial charge in [0.25, 0.3) is 0 Å². The first-order valence-corrected chi connectivity index (χ1v) is 4.18. The maximum Gasteiger partial charge on any atom is 0.142 e. The van der Waals surface area contributed by atoms with Crippen LogP contribution in [0.5, 0.6) is 0 Å². The highest BCUT2D eigenvalue weighted by atomic mass is 15.1. The number of nitriles is 1. The van der Waals surface area contributed by atoms with E-state index in [0.29, 0.717) is 5.69 Å². The monoisotopic (exact) mass is 184 g/mol. The predicted molar refractivity (Wildman–Crippen MR) is 50.8 cm³/mol. The lowest BCUT2D eigenvalue weighted by atomic mass is 10.3. The lowest BCUT2D eigenvalue weighted by molar-refractivity contribution is 0.968. The molecule has 0 aromatic carbocycles. The number of aromatic nitrogens is 3. The minimum absolute atomic E-state index is 0.413. The van der Waals surface area contributed by atoms with Crippen molar-refractivity contribution >= 4 is 0 Å². The molecule has 2 heterocycles. The van der Waals surface area contributed by atoms with Crippen LogP contribution in [0.15, 0.2) is 30.7 Å². The Morgan fingerprint density at radius 3 is 2.86 bits per heavy atom. The molecule has 0 bridgehead atoms. The first kappa shape index (κ1) is 8.45. The van der Waals surface area contributed by atoms with Crippen LogP contribution in [0, 0.1) is 18.3 Å². The molecule has 0 N–H and O–H groups in total. The fraction of sp³-hybridized carbons (Fsp3) is 0.100. The molecule has 0 aliphatic carbocycles. The second-order valence-corrected chi connectivity index (χ2v) is 2.86. The summed E-state index contributed by atoms with van der Waals surface area (Å²) in [4.78, 5) is 8.01. The molecule has 4 heteroatoms. The van der Waals surface area contributed by atoms with E-state index in [2.05, 4.69) is 9.97 Å². The molecular weight excluding hydrogens is 176 g/mol. The fourth-order valence-corrected chi connectivity index (χ4v) is 1.28. The van der Waals surface area contributed by atoms with Crippen molar-refractivity contribution in [3.8, 4) is 11.8 Å². The largest absolute Gasteiger partial charge is 0.304 e. The van der Waals surface area contributed by atoms with Crippen molar-refractivity contribution in [1.82, 2.24) is 14.5 Å². The SMILES string of the molecule is Cc1nccn1-c1ccnc(C#N)c1. The maximum absolute atomic E-state index is 8.69. The van der Waals surface area contributed by atoms with Crippen LogP contribution >= 0.6 is 0 Å². The zero-order valence-corrected chi connectivity index (χ0v) is 7.68. The van der Waals surface area contributed by atoms with Gasteiger partial charge < -0.3 is 4.57 Å². The Morgan fingerprint density at radius 1 is 1.36 bits per heavy atom. The second kappa shape index (κ2) is 3.30. The molecular formula is C10H8N4. The van der Waals surface area contributed by atoms with Crippen molar-refractivity contribution in [3.05, 3.63) is 42.2 Å². The third-order valence-corrected chi connectivity index (χ3v) is 1.96. The molecule has 0 unspecified atom stereocenters. The highest BCUT2D eigenvalue weighted by Gasteiger charge is 2.01. The number of hydrogen-bond acceptors (Lipinski definition) is 3. The van der Waals surface area contributed by atoms with Gasteiger partial charge >= 0.3 is 0 Å². The Kier molecular flexibility index (Phi) is 1.99. The lowest BCUT2D eigenvalue weighted by Crippen LogP contribution is -1.96. The van der Waals surface area contributed by atoms with E-state index in [-0.39, 0.29) is 0 Å². The molecule has 0 amide bonds. The number of rotatable bonds is 1. The molecule has 0 saturated heterocycles. The quantitative estimate of drug-likeness (QED) is 0.674. The van der Waals surface area contributed by atoms with Gasteiger partial charge in [0.15, 0.2) is 0 Å². The second-order valence-electron chi connectivity index (χ2n) is 2.86. The molecule has 0 aliphatic rings. The summed E-state index contributed by atoms with van der Waals surface area (Å²) in [6, 6.07) is 5.58. The molecule has 0 aliphatic heterocycles. The van der Waals surface area contributed by atoms with Crippen LogP contribution in [0.25, 0.3) is 5.69 Å². The number of pyridine rings is 1. The van der Waals surface area contributed by atoms with Crippen molar-refractivity contribution in [2.75, 3.05) is 0 Å². The standard InChI is InChI=1S/C10H8N4/c1-8-12-4-5-14(8)10-2-3-13-9(6-10)7-11/h2-6H,1H3. The van der Waals surface area contributed by atoms with Crippen LogP contribution < -0.4 is 0 Å². The normalized spacial score (nSPS) is 9.71. The molecule has 2 rings (SSSR count). The van der Waals surface area contributed by atoms with Gasteiger partial charge in [0.1, 0.15) is 17.6 Å². The van der Waals surface area contributed by atoms with Crippen molar-refractivity contribution in [1.29, 1.82) is 5.26 Å². The molecule has 0 atom stereocenters. The highest BCUT2D eigenvalue weighted by Crippen LogP contribution is 2.09. The van der Waals surface area contributed by atoms with Crippen LogP contribution in [0.4, 0.5) is 0 Å². The van der Waals surface area contributed by atoms with Crippen molar-refractivity contribution in [3.63, 3.8) is 0 Å². The van der Waals surface area contributed by atoms with E-state index in [0.717, 1.165) is 11.5 Å². The van der Waals surface area contributed by atoms with Gasteiger partial charge in [-0.2, -0.15) is 5.26 Å². The molecule has 0 saturated carbocycles. The van der Waals surface area contributed by atoms with E-state index in [1.165, 1.54) is 0 Å². The maximum atomic E-state index is 8.69. The molecule has 0 spiro atoms. The van der Waals surface area contributed by atoms with Gasteiger partial charge in [0.2, 0.25) is 0 Å². The summed E-state index contributed by atoms with van der Waals surface area (Å²) in [5, 5.41) is 8.69. The zero-order valence-electron chi connectivity index (χ0n) is 7.68. The molecule has 2 aromatic heterocycles. The van der Waals surface area contributed by atoms with Gasteiger partial charge in [-0.3, -0.25) is 0 Å². The number of aryl methyl sites for hydroxylation is 1. The molecule has 0 fully saturated rings. The van der Waals surface area contributed by atoms with E-state index < -0.39 is 0 Å². The van der Waals surface area contributed by atoms with Crippen LogP contribution in [0.3, 0.4) is 0 Å². The summed E-state index contributed by atoms with van der Waals surface area (Å²) < 4.78 is 1.91. The van der Waals surface area contributed by atoms with Gasteiger partial charge in [-0.15, -0.1) is 0 Å². The third-order valence-electron chi connectivity index (χ3n) is 1.96. The minimum atomic E-state index is 0.413. The van der Waals surface area contributed by atoms with E-state index >= 15 is 0 Å². The Bertz CT molecular complexity index is 493. The van der Waals surface area contributed by atoms with Crippen molar-refractivity contribution in [2.24, 2.45) is 0 Å². The molecule has 68 valence electrons. The van der Waals surface area contributed by atoms with E-state index in [4.69, 9.17) is 5.26 Å². The van der Waals surface area contributed by atoms with Crippen molar-refractivity contribution in [2.45, 2.75) is 6.92 Å². The average Bonchev–Trinajstić information content (AvgIpc) is 2.65. The first-order valence-electron chi connectivity index (χ1n) is 4.18. The van der Waals surface area contributed by atoms with Gasteiger partial charge in [-0.25, -0.2) is 9.97 Å². The van der Waals surface area contributed by atoms with Gasteiger partial charge in [-0.1, -0.05) is 0 Å². The number of nitrogens with zero attached hydrogens (tertiary/aromatic N) is 4. The molecule has 2 aromatic rings. The molecule has 14 heavy (non-hydrogen) atoms. The zero-order chi connectivity index (χ0) is 9.97. The van der Waals surface area contributed by atoms with Crippen molar-refractivity contribution < 1.29 is 0 Å². The fourth-order valence-electron chi connectivity index (χ4n) is 1.28. The van der Waals surface area contributed by atoms with Crippen LogP contribution in [0.2, 0.25) is 0 Å². The lowest BCUT2D eigenvalue weighted by Gasteiger charge is -2.03. The van der Waals surface area contributed by atoms with Crippen LogP contribution in [-0.2, 0) is 0 Å². The smallest absolute Gasteiger partial charge is 0.142 e. The Hall–Kier alpha value is -2.15. The van der Waals surface area contributed by atoms with E-state index in [9.17, 15) is 0 Å². The van der Waals surface area contributed by atoms with Gasteiger partial charge in [-0.05, 0) is 19.1 Å². The van der Waals surface area contributed by atoms with Gasteiger partial charge in [0, 0.05) is 18.6 Å². The first-order chi connectivity index (χ1) is 6.81. The molecule has 0 radical (unpaired) electrons. The number of hydrogen-bond donors (Lipinski definition) is 0. The van der Waals surface area contributed by atoms with Crippen LogP contribution in [-0.4, -0.2) is 14.5 Å². The van der Waals surface area contributed by atoms with E-state index in [1.807, 2.05) is 29.8 Å². The summed E-state index contributed by atoms with van der Waals surface area (Å²) >= 11 is 0. The summed E-state index contributed by atoms with van der Waals surface area (Å²) in [5.74, 6) is 0.889. The Balaban J connectivity index is 2.53. The summed E-state index contributed by atoms with van der Waals surface area (Å²) in [6.07, 6.45) is 5.20. The average molecular weight is 184 g/mol. The Labute approximate surface area is 81.5 Å².